The van der Waals surface area contributed by atoms with E-state index < -0.39 is 10.0 Å². The summed E-state index contributed by atoms with van der Waals surface area (Å²) in [4.78, 5) is 2.32. The lowest BCUT2D eigenvalue weighted by molar-refractivity contribution is 0.150. The predicted molar refractivity (Wildman–Crippen MR) is 79.8 cm³/mol. The molecule has 0 bridgehead atoms. The normalized spacial score (nSPS) is 20.9. The summed E-state index contributed by atoms with van der Waals surface area (Å²) in [6.07, 6.45) is 5.02. The molecular formula is C13H29N3O2S. The Hall–Kier alpha value is -0.170. The molecule has 1 aliphatic rings. The summed E-state index contributed by atoms with van der Waals surface area (Å²) in [6.45, 7) is 5.06. The summed E-state index contributed by atoms with van der Waals surface area (Å²) >= 11 is 0. The Morgan fingerprint density at radius 2 is 1.84 bits per heavy atom. The minimum Gasteiger partial charge on any atom is -0.311 e. The molecule has 0 aromatic carbocycles. The second-order valence-corrected chi connectivity index (χ2v) is 7.96. The first-order chi connectivity index (χ1) is 8.81. The van der Waals surface area contributed by atoms with Crippen LogP contribution in [0.2, 0.25) is 0 Å². The van der Waals surface area contributed by atoms with Crippen molar-refractivity contribution < 1.29 is 8.42 Å². The smallest absolute Gasteiger partial charge is 0.211 e. The van der Waals surface area contributed by atoms with E-state index in [0.29, 0.717) is 6.54 Å². The molecule has 0 amide bonds. The molecule has 1 fully saturated rings. The van der Waals surface area contributed by atoms with Crippen LogP contribution in [0, 0.1) is 0 Å². The first kappa shape index (κ1) is 16.9. The van der Waals surface area contributed by atoms with Crippen molar-refractivity contribution in [3.63, 3.8) is 0 Å². The quantitative estimate of drug-likeness (QED) is 0.694. The molecule has 1 unspecified atom stereocenters. The lowest BCUT2D eigenvalue weighted by Gasteiger charge is -2.37. The number of hydrogen-bond acceptors (Lipinski definition) is 4. The van der Waals surface area contributed by atoms with E-state index >= 15 is 0 Å². The van der Waals surface area contributed by atoms with Gasteiger partial charge in [0.2, 0.25) is 10.0 Å². The molecule has 0 aliphatic heterocycles. The highest BCUT2D eigenvalue weighted by Crippen LogP contribution is 2.33. The van der Waals surface area contributed by atoms with Crippen molar-refractivity contribution in [3.05, 3.63) is 0 Å². The van der Waals surface area contributed by atoms with Crippen LogP contribution >= 0.6 is 0 Å². The Morgan fingerprint density at radius 1 is 1.26 bits per heavy atom. The van der Waals surface area contributed by atoms with Crippen LogP contribution < -0.4 is 10.0 Å². The van der Waals surface area contributed by atoms with Crippen LogP contribution in [-0.4, -0.2) is 57.8 Å². The third-order valence-corrected chi connectivity index (χ3v) is 5.62. The zero-order chi connectivity index (χ0) is 14.5. The number of rotatable bonds is 8. The number of likely N-dealkylation sites (N-methyl/N-ethyl adjacent to an activating group) is 1. The Morgan fingerprint density at radius 3 is 2.32 bits per heavy atom. The molecule has 5 nitrogen and oxygen atoms in total. The van der Waals surface area contributed by atoms with Gasteiger partial charge in [-0.1, -0.05) is 12.8 Å². The predicted octanol–water partition coefficient (Wildman–Crippen LogP) is 0.778. The van der Waals surface area contributed by atoms with Gasteiger partial charge < -0.3 is 10.2 Å². The fraction of sp³-hybridized carbons (Fsp3) is 1.00. The lowest BCUT2D eigenvalue weighted by Crippen LogP contribution is -2.52. The Bertz CT molecular complexity index is 362. The van der Waals surface area contributed by atoms with Gasteiger partial charge in [-0.25, -0.2) is 13.1 Å². The molecule has 19 heavy (non-hydrogen) atoms. The average Bonchev–Trinajstić information content (AvgIpc) is 2.84. The van der Waals surface area contributed by atoms with Crippen LogP contribution in [0.5, 0.6) is 0 Å². The SMILES string of the molecule is CCS(=O)(=O)NCC(C)NCC1(N(C)C)CCCC1. The van der Waals surface area contributed by atoms with E-state index in [9.17, 15) is 8.42 Å². The largest absolute Gasteiger partial charge is 0.311 e. The van der Waals surface area contributed by atoms with Gasteiger partial charge in [-0.2, -0.15) is 0 Å². The van der Waals surface area contributed by atoms with Gasteiger partial charge in [-0.05, 0) is 40.8 Å². The monoisotopic (exact) mass is 291 g/mol. The van der Waals surface area contributed by atoms with Crippen molar-refractivity contribution in [2.75, 3.05) is 32.9 Å². The topological polar surface area (TPSA) is 61.4 Å². The number of sulfonamides is 1. The van der Waals surface area contributed by atoms with Crippen LogP contribution in [-0.2, 0) is 10.0 Å². The number of nitrogens with one attached hydrogen (secondary N) is 2. The zero-order valence-corrected chi connectivity index (χ0v) is 13.5. The highest BCUT2D eigenvalue weighted by Gasteiger charge is 2.35. The van der Waals surface area contributed by atoms with E-state index in [1.165, 1.54) is 25.7 Å². The van der Waals surface area contributed by atoms with Gasteiger partial charge in [0.25, 0.3) is 0 Å². The Kier molecular flexibility index (Phi) is 6.23. The van der Waals surface area contributed by atoms with Crippen LogP contribution in [0.15, 0.2) is 0 Å². The fourth-order valence-corrected chi connectivity index (χ4v) is 3.31. The van der Waals surface area contributed by atoms with Crippen molar-refractivity contribution in [2.24, 2.45) is 0 Å². The molecule has 6 heteroatoms. The number of hydrogen-bond donors (Lipinski definition) is 2. The fourth-order valence-electron chi connectivity index (χ4n) is 2.61. The van der Waals surface area contributed by atoms with Gasteiger partial charge in [-0.3, -0.25) is 0 Å². The van der Waals surface area contributed by atoms with E-state index in [2.05, 4.69) is 29.0 Å². The van der Waals surface area contributed by atoms with Crippen molar-refractivity contribution >= 4 is 10.0 Å². The molecule has 1 aliphatic carbocycles. The second kappa shape index (κ2) is 7.02. The molecular weight excluding hydrogens is 262 g/mol. The van der Waals surface area contributed by atoms with Crippen LogP contribution in [0.25, 0.3) is 0 Å². The summed E-state index contributed by atoms with van der Waals surface area (Å²) in [5.74, 6) is 0.140. The van der Waals surface area contributed by atoms with Crippen molar-refractivity contribution in [1.82, 2.24) is 14.9 Å². The Labute approximate surface area is 118 Å². The van der Waals surface area contributed by atoms with Crippen LogP contribution in [0.1, 0.15) is 39.5 Å². The van der Waals surface area contributed by atoms with Crippen molar-refractivity contribution in [2.45, 2.75) is 51.1 Å². The molecule has 2 N–H and O–H groups in total. The highest BCUT2D eigenvalue weighted by molar-refractivity contribution is 7.89. The van der Waals surface area contributed by atoms with E-state index in [1.807, 2.05) is 6.92 Å². The van der Waals surface area contributed by atoms with E-state index in [1.54, 1.807) is 6.92 Å². The third-order valence-electron chi connectivity index (χ3n) is 4.25. The van der Waals surface area contributed by atoms with Gasteiger partial charge in [0.1, 0.15) is 0 Å². The molecule has 0 radical (unpaired) electrons. The van der Waals surface area contributed by atoms with Gasteiger partial charge in [-0.15, -0.1) is 0 Å². The molecule has 1 saturated carbocycles. The summed E-state index contributed by atoms with van der Waals surface area (Å²) in [6, 6.07) is 0.152. The molecule has 0 saturated heterocycles. The standard InChI is InChI=1S/C13H29N3O2S/c1-5-19(17,18)15-10-12(2)14-11-13(16(3)4)8-6-7-9-13/h12,14-15H,5-11H2,1-4H3. The molecule has 1 atom stereocenters. The molecule has 1 rings (SSSR count). The molecule has 0 heterocycles. The molecule has 0 spiro atoms. The summed E-state index contributed by atoms with van der Waals surface area (Å²) < 4.78 is 25.4. The van der Waals surface area contributed by atoms with Gasteiger partial charge in [0.05, 0.1) is 5.75 Å². The van der Waals surface area contributed by atoms with E-state index in [4.69, 9.17) is 0 Å². The maximum absolute atomic E-state index is 11.4. The van der Waals surface area contributed by atoms with Gasteiger partial charge >= 0.3 is 0 Å². The minimum absolute atomic E-state index is 0.140. The Balaban J connectivity index is 2.39. The molecule has 0 aromatic rings. The summed E-state index contributed by atoms with van der Waals surface area (Å²) in [5.41, 5.74) is 0.248. The van der Waals surface area contributed by atoms with Crippen molar-refractivity contribution in [1.29, 1.82) is 0 Å². The minimum atomic E-state index is -3.08. The average molecular weight is 291 g/mol. The maximum atomic E-state index is 11.4. The third kappa shape index (κ3) is 5.02. The van der Waals surface area contributed by atoms with E-state index in [0.717, 1.165) is 6.54 Å². The summed E-state index contributed by atoms with van der Waals surface area (Å²) in [5, 5.41) is 3.47. The van der Waals surface area contributed by atoms with E-state index in [-0.39, 0.29) is 17.3 Å². The van der Waals surface area contributed by atoms with Gasteiger partial charge in [0.15, 0.2) is 0 Å². The first-order valence-electron chi connectivity index (χ1n) is 7.19. The second-order valence-electron chi connectivity index (χ2n) is 5.86. The van der Waals surface area contributed by atoms with Crippen LogP contribution in [0.3, 0.4) is 0 Å². The van der Waals surface area contributed by atoms with Crippen molar-refractivity contribution in [3.8, 4) is 0 Å². The zero-order valence-electron chi connectivity index (χ0n) is 12.7. The van der Waals surface area contributed by atoms with Gasteiger partial charge in [0, 0.05) is 24.7 Å². The molecule has 0 aromatic heterocycles. The summed E-state index contributed by atoms with van der Waals surface area (Å²) in [7, 11) is 1.19. The van der Waals surface area contributed by atoms with Crippen LogP contribution in [0.4, 0.5) is 0 Å². The number of nitrogens with zero attached hydrogens (tertiary/aromatic N) is 1. The molecule has 114 valence electrons. The first-order valence-corrected chi connectivity index (χ1v) is 8.85. The maximum Gasteiger partial charge on any atom is 0.211 e. The highest BCUT2D eigenvalue weighted by atomic mass is 32.2. The lowest BCUT2D eigenvalue weighted by atomic mass is 9.95.